The zero-order chi connectivity index (χ0) is 27.7. The van der Waals surface area contributed by atoms with Crippen LogP contribution < -0.4 is 10.6 Å². The van der Waals surface area contributed by atoms with Gasteiger partial charge in [-0.3, -0.25) is 24.9 Å². The van der Waals surface area contributed by atoms with Crippen molar-refractivity contribution in [2.24, 2.45) is 0 Å². The Morgan fingerprint density at radius 3 is 1.79 bits per heavy atom. The van der Waals surface area contributed by atoms with E-state index in [1.165, 1.54) is 23.5 Å². The van der Waals surface area contributed by atoms with Gasteiger partial charge in [-0.2, -0.15) is 0 Å². The van der Waals surface area contributed by atoms with Crippen molar-refractivity contribution in [1.82, 2.24) is 40.5 Å². The molecule has 1 fully saturated rings. The topological polar surface area (TPSA) is 153 Å². The maximum atomic E-state index is 11.8. The number of amides is 3. The Morgan fingerprint density at radius 1 is 0.769 bits per heavy atom. The molecule has 3 amide bonds. The molecule has 1 atom stereocenters. The number of carbonyl (C=O) groups excluding carboxylic acids is 3. The maximum absolute atomic E-state index is 11.8. The minimum atomic E-state index is -0.952. The van der Waals surface area contributed by atoms with Crippen molar-refractivity contribution in [2.75, 3.05) is 11.5 Å². The Morgan fingerprint density at radius 2 is 1.33 bits per heavy atom. The Bertz CT molecular complexity index is 1460. The third kappa shape index (κ3) is 7.88. The predicted molar refractivity (Wildman–Crippen MR) is 148 cm³/mol. The summed E-state index contributed by atoms with van der Waals surface area (Å²) >= 11 is 2.64. The van der Waals surface area contributed by atoms with Crippen LogP contribution in [-0.2, 0) is 9.59 Å². The fraction of sp³-hybridized carbons (Fsp3) is 0.192. The number of pyridine rings is 2. The van der Waals surface area contributed by atoms with E-state index < -0.39 is 11.6 Å². The molecule has 4 aromatic rings. The lowest BCUT2D eigenvalue weighted by molar-refractivity contribution is -0.122. The number of rotatable bonds is 8. The van der Waals surface area contributed by atoms with E-state index in [1.54, 1.807) is 50.8 Å². The molecule has 0 radical (unpaired) electrons. The number of urea groups is 1. The molecule has 11 nitrogen and oxygen atoms in total. The highest BCUT2D eigenvalue weighted by atomic mass is 32.2. The van der Waals surface area contributed by atoms with Crippen LogP contribution in [0.1, 0.15) is 13.8 Å². The number of hydrogen-bond donors (Lipinski definition) is 2. The lowest BCUT2D eigenvalue weighted by Crippen LogP contribution is -2.46. The predicted octanol–water partition coefficient (Wildman–Crippen LogP) is 3.45. The first-order valence-electron chi connectivity index (χ1n) is 11.7. The van der Waals surface area contributed by atoms with Crippen LogP contribution in [0.5, 0.6) is 0 Å². The van der Waals surface area contributed by atoms with Crippen LogP contribution in [0.25, 0.3) is 22.8 Å². The highest BCUT2D eigenvalue weighted by Crippen LogP contribution is 2.23. The van der Waals surface area contributed by atoms with Gasteiger partial charge in [0.15, 0.2) is 10.3 Å². The molecule has 4 aromatic heterocycles. The summed E-state index contributed by atoms with van der Waals surface area (Å²) < 4.78 is 0. The molecule has 5 heterocycles. The minimum absolute atomic E-state index is 0.113. The number of ketones is 1. The van der Waals surface area contributed by atoms with Crippen molar-refractivity contribution in [3.05, 3.63) is 73.3 Å². The first-order chi connectivity index (χ1) is 18.8. The van der Waals surface area contributed by atoms with E-state index in [1.807, 2.05) is 36.4 Å². The number of imide groups is 1. The van der Waals surface area contributed by atoms with Crippen LogP contribution in [0, 0.1) is 0 Å². The van der Waals surface area contributed by atoms with Crippen LogP contribution in [0.4, 0.5) is 4.79 Å². The summed E-state index contributed by atoms with van der Waals surface area (Å²) in [7, 11) is 0. The van der Waals surface area contributed by atoms with Crippen molar-refractivity contribution >= 4 is 41.2 Å². The largest absolute Gasteiger partial charge is 0.323 e. The Labute approximate surface area is 233 Å². The molecule has 0 bridgehead atoms. The maximum Gasteiger partial charge on any atom is 0.322 e. The van der Waals surface area contributed by atoms with Crippen molar-refractivity contribution in [3.8, 4) is 22.8 Å². The molecule has 0 saturated carbocycles. The van der Waals surface area contributed by atoms with Gasteiger partial charge < -0.3 is 5.32 Å². The zero-order valence-corrected chi connectivity index (χ0v) is 22.7. The minimum Gasteiger partial charge on any atom is -0.323 e. The van der Waals surface area contributed by atoms with Gasteiger partial charge in [-0.25, -0.2) is 24.7 Å². The van der Waals surface area contributed by atoms with Gasteiger partial charge in [0.1, 0.15) is 11.3 Å². The first-order valence-corrected chi connectivity index (χ1v) is 13.7. The van der Waals surface area contributed by atoms with Crippen LogP contribution in [-0.4, -0.2) is 64.7 Å². The van der Waals surface area contributed by atoms with Crippen LogP contribution in [0.3, 0.4) is 0 Å². The third-order valence-electron chi connectivity index (χ3n) is 5.13. The van der Waals surface area contributed by atoms with Gasteiger partial charge in [0.2, 0.25) is 0 Å². The first kappa shape index (κ1) is 27.8. The molecule has 198 valence electrons. The highest BCUT2D eigenvalue weighted by molar-refractivity contribution is 7.99. The summed E-state index contributed by atoms with van der Waals surface area (Å²) in [5.74, 6) is 0.509. The second-order valence-electron chi connectivity index (χ2n) is 8.40. The third-order valence-corrected chi connectivity index (χ3v) is 7.32. The molecule has 1 saturated heterocycles. The summed E-state index contributed by atoms with van der Waals surface area (Å²) in [5, 5.41) is 5.96. The standard InChI is InChI=1S/C14H13N5O2S.C12H11N3OS/c1-14(11(20)18-12(21)19-14)8-22-13-16-7-5-10(17-13)9-4-2-3-6-15-9;1-9(16)8-17-12-14-7-5-11(15-12)10-4-2-3-6-13-10/h2-7H,8H2,1H3,(H2,18,19,20,21);2-7H,8H2,1H3. The second-order valence-corrected chi connectivity index (χ2v) is 10.3. The number of nitrogens with zero attached hydrogens (tertiary/aromatic N) is 6. The number of carbonyl (C=O) groups is 3. The van der Waals surface area contributed by atoms with Crippen molar-refractivity contribution in [1.29, 1.82) is 0 Å². The number of hydrogen-bond acceptors (Lipinski definition) is 11. The number of nitrogens with one attached hydrogen (secondary N) is 2. The lowest BCUT2D eigenvalue weighted by atomic mass is 10.1. The fourth-order valence-corrected chi connectivity index (χ4v) is 4.74. The molecule has 1 unspecified atom stereocenters. The molecular formula is C26H24N8O3S2. The van der Waals surface area contributed by atoms with Gasteiger partial charge in [-0.1, -0.05) is 35.7 Å². The van der Waals surface area contributed by atoms with E-state index in [2.05, 4.69) is 40.5 Å². The monoisotopic (exact) mass is 560 g/mol. The van der Waals surface area contributed by atoms with E-state index in [0.717, 1.165) is 17.1 Å². The van der Waals surface area contributed by atoms with Gasteiger partial charge in [0.05, 0.1) is 28.5 Å². The van der Waals surface area contributed by atoms with Crippen molar-refractivity contribution in [2.45, 2.75) is 29.7 Å². The van der Waals surface area contributed by atoms with Crippen molar-refractivity contribution < 1.29 is 14.4 Å². The number of aromatic nitrogens is 6. The lowest BCUT2D eigenvalue weighted by Gasteiger charge is -2.19. The molecular weight excluding hydrogens is 536 g/mol. The van der Waals surface area contributed by atoms with Gasteiger partial charge in [-0.15, -0.1) is 0 Å². The molecule has 39 heavy (non-hydrogen) atoms. The van der Waals surface area contributed by atoms with Crippen molar-refractivity contribution in [3.63, 3.8) is 0 Å². The smallest absolute Gasteiger partial charge is 0.322 e. The number of thioether (sulfide) groups is 2. The van der Waals surface area contributed by atoms with E-state index in [-0.39, 0.29) is 11.7 Å². The van der Waals surface area contributed by atoms with E-state index in [9.17, 15) is 14.4 Å². The molecule has 0 spiro atoms. The molecule has 5 rings (SSSR count). The Balaban J connectivity index is 0.000000187. The number of Topliss-reactive ketones (excluding diaryl/α,β-unsaturated/α-hetero) is 1. The van der Waals surface area contributed by atoms with Gasteiger partial charge in [-0.05, 0) is 50.2 Å². The Kier molecular flexibility index (Phi) is 9.28. The Hall–Kier alpha value is -4.23. The second kappa shape index (κ2) is 13.0. The summed E-state index contributed by atoms with van der Waals surface area (Å²) in [6.07, 6.45) is 6.75. The highest BCUT2D eigenvalue weighted by Gasteiger charge is 2.42. The SMILES string of the molecule is CC(=O)CSc1nccc(-c2ccccn2)n1.CC1(CSc2nccc(-c3ccccn3)n2)NC(=O)NC1=O. The normalized spacial score (nSPS) is 16.1. The molecule has 1 aliphatic heterocycles. The molecule has 1 aliphatic rings. The van der Waals surface area contributed by atoms with E-state index >= 15 is 0 Å². The molecule has 0 aliphatic carbocycles. The van der Waals surface area contributed by atoms with Crippen LogP contribution in [0.2, 0.25) is 0 Å². The van der Waals surface area contributed by atoms with Gasteiger partial charge >= 0.3 is 6.03 Å². The molecule has 0 aromatic carbocycles. The van der Waals surface area contributed by atoms with Crippen LogP contribution >= 0.6 is 23.5 Å². The fourth-order valence-electron chi connectivity index (χ4n) is 3.19. The molecule has 13 heteroatoms. The summed E-state index contributed by atoms with van der Waals surface area (Å²) in [4.78, 5) is 59.4. The average Bonchev–Trinajstić information content (AvgIpc) is 3.23. The van der Waals surface area contributed by atoms with Crippen LogP contribution in [0.15, 0.2) is 83.6 Å². The van der Waals surface area contributed by atoms with Gasteiger partial charge in [0, 0.05) is 30.5 Å². The zero-order valence-electron chi connectivity index (χ0n) is 21.1. The average molecular weight is 561 g/mol. The summed E-state index contributed by atoms with van der Waals surface area (Å²) in [5.41, 5.74) is 2.09. The summed E-state index contributed by atoms with van der Waals surface area (Å²) in [6, 6.07) is 14.3. The van der Waals surface area contributed by atoms with Gasteiger partial charge in [0.25, 0.3) is 5.91 Å². The van der Waals surface area contributed by atoms with E-state index in [4.69, 9.17) is 0 Å². The summed E-state index contributed by atoms with van der Waals surface area (Å²) in [6.45, 7) is 3.22. The molecule has 2 N–H and O–H groups in total. The van der Waals surface area contributed by atoms with E-state index in [0.29, 0.717) is 27.5 Å². The quantitative estimate of drug-likeness (QED) is 0.185.